The highest BCUT2D eigenvalue weighted by molar-refractivity contribution is 5.40. The summed E-state index contributed by atoms with van der Waals surface area (Å²) in [4.78, 5) is 7.39. The van der Waals surface area contributed by atoms with E-state index in [-0.39, 0.29) is 18.4 Å². The van der Waals surface area contributed by atoms with Gasteiger partial charge in [-0.3, -0.25) is 5.43 Å². The van der Waals surface area contributed by atoms with Crippen LogP contribution >= 0.6 is 0 Å². The highest BCUT2D eigenvalue weighted by Crippen LogP contribution is 2.11. The Morgan fingerprint density at radius 2 is 2.41 bits per heavy atom. The molecule has 5 N–H and O–H groups in total. The highest BCUT2D eigenvalue weighted by atomic mass is 19.1. The molecular weight excluding hydrogens is 229 g/mol. The lowest BCUT2D eigenvalue weighted by Crippen LogP contribution is -2.19. The normalized spacial score (nSPS) is 12.2. The summed E-state index contributed by atoms with van der Waals surface area (Å²) in [5.74, 6) is 4.68. The molecule has 0 aliphatic heterocycles. The zero-order valence-corrected chi connectivity index (χ0v) is 9.48. The molecule has 0 amide bonds. The topological polar surface area (TPSA) is 105 Å². The lowest BCUT2D eigenvalue weighted by Gasteiger charge is -2.11. The maximum Gasteiger partial charge on any atom is 0.239 e. The van der Waals surface area contributed by atoms with E-state index in [1.54, 1.807) is 0 Å². The van der Waals surface area contributed by atoms with Gasteiger partial charge in [0, 0.05) is 13.7 Å². The van der Waals surface area contributed by atoms with E-state index in [1.165, 1.54) is 7.11 Å². The van der Waals surface area contributed by atoms with Gasteiger partial charge < -0.3 is 15.2 Å². The number of hydrazine groups is 1. The minimum absolute atomic E-state index is 0.0394. The lowest BCUT2D eigenvalue weighted by molar-refractivity contribution is 0.0615. The first-order chi connectivity index (χ1) is 8.17. The SMILES string of the molecule is COCC(O)CCNc1nc(NN)ncc1F. The Bertz CT molecular complexity index is 352. The molecule has 1 atom stereocenters. The van der Waals surface area contributed by atoms with Gasteiger partial charge >= 0.3 is 0 Å². The molecular formula is C9H16FN5O2. The molecule has 0 radical (unpaired) electrons. The van der Waals surface area contributed by atoms with Crippen LogP contribution in [0.2, 0.25) is 0 Å². The molecule has 0 aliphatic rings. The average molecular weight is 245 g/mol. The van der Waals surface area contributed by atoms with Gasteiger partial charge in [0.25, 0.3) is 0 Å². The van der Waals surface area contributed by atoms with E-state index in [0.717, 1.165) is 6.20 Å². The summed E-state index contributed by atoms with van der Waals surface area (Å²) in [6.07, 6.45) is 0.836. The molecule has 0 spiro atoms. The maximum atomic E-state index is 13.2. The van der Waals surface area contributed by atoms with E-state index in [9.17, 15) is 9.50 Å². The number of nitrogens with two attached hydrogens (primary N) is 1. The number of ether oxygens (including phenoxy) is 1. The number of aliphatic hydroxyl groups is 1. The first kappa shape index (κ1) is 13.6. The number of hydrogen-bond acceptors (Lipinski definition) is 7. The van der Waals surface area contributed by atoms with Crippen LogP contribution in [0.4, 0.5) is 16.2 Å². The second-order valence-electron chi connectivity index (χ2n) is 3.36. The number of aromatic nitrogens is 2. The van der Waals surface area contributed by atoms with E-state index in [4.69, 9.17) is 10.6 Å². The number of rotatable bonds is 7. The maximum absolute atomic E-state index is 13.2. The third-order valence-corrected chi connectivity index (χ3v) is 2.00. The zero-order chi connectivity index (χ0) is 12.7. The molecule has 1 unspecified atom stereocenters. The first-order valence-corrected chi connectivity index (χ1v) is 5.07. The molecule has 0 fully saturated rings. The number of halogens is 1. The molecule has 8 heteroatoms. The summed E-state index contributed by atoms with van der Waals surface area (Å²) in [6.45, 7) is 0.603. The fraction of sp³-hybridized carbons (Fsp3) is 0.556. The van der Waals surface area contributed by atoms with Crippen LogP contribution < -0.4 is 16.6 Å². The van der Waals surface area contributed by atoms with Crippen LogP contribution in [0, 0.1) is 5.82 Å². The van der Waals surface area contributed by atoms with E-state index >= 15 is 0 Å². The number of methoxy groups -OCH3 is 1. The molecule has 7 nitrogen and oxygen atoms in total. The van der Waals surface area contributed by atoms with Crippen LogP contribution in [-0.2, 0) is 4.74 Å². The van der Waals surface area contributed by atoms with Crippen LogP contribution in [0.15, 0.2) is 6.20 Å². The van der Waals surface area contributed by atoms with Gasteiger partial charge in [-0.15, -0.1) is 0 Å². The lowest BCUT2D eigenvalue weighted by atomic mass is 10.2. The standard InChI is InChI=1S/C9H16FN5O2/c1-17-5-6(16)2-3-12-8-7(10)4-13-9(14-8)15-11/h4,6,16H,2-3,5,11H2,1H3,(H2,12,13,14,15). The molecule has 0 saturated carbocycles. The molecule has 1 aromatic heterocycles. The molecule has 0 aliphatic carbocycles. The Morgan fingerprint density at radius 3 is 3.06 bits per heavy atom. The van der Waals surface area contributed by atoms with E-state index < -0.39 is 11.9 Å². The van der Waals surface area contributed by atoms with Gasteiger partial charge in [-0.25, -0.2) is 15.2 Å². The number of aliphatic hydroxyl groups excluding tert-OH is 1. The van der Waals surface area contributed by atoms with Crippen molar-refractivity contribution < 1.29 is 14.2 Å². The predicted molar refractivity (Wildman–Crippen MR) is 60.8 cm³/mol. The third-order valence-electron chi connectivity index (χ3n) is 2.00. The van der Waals surface area contributed by atoms with Gasteiger partial charge in [-0.05, 0) is 6.42 Å². The van der Waals surface area contributed by atoms with Crippen molar-refractivity contribution in [2.45, 2.75) is 12.5 Å². The fourth-order valence-electron chi connectivity index (χ4n) is 1.19. The Labute approximate surface area is 98.2 Å². The highest BCUT2D eigenvalue weighted by Gasteiger charge is 2.07. The molecule has 1 rings (SSSR count). The van der Waals surface area contributed by atoms with Crippen LogP contribution in [0.3, 0.4) is 0 Å². The fourth-order valence-corrected chi connectivity index (χ4v) is 1.19. The Hall–Kier alpha value is -1.51. The quantitative estimate of drug-likeness (QED) is 0.386. The van der Waals surface area contributed by atoms with Gasteiger partial charge in [-0.1, -0.05) is 0 Å². The largest absolute Gasteiger partial charge is 0.391 e. The Morgan fingerprint density at radius 1 is 1.65 bits per heavy atom. The van der Waals surface area contributed by atoms with Crippen molar-refractivity contribution >= 4 is 11.8 Å². The number of hydrogen-bond donors (Lipinski definition) is 4. The van der Waals surface area contributed by atoms with Crippen molar-refractivity contribution in [2.75, 3.05) is 31.0 Å². The summed E-state index contributed by atoms with van der Waals surface area (Å²) in [6, 6.07) is 0. The van der Waals surface area contributed by atoms with Crippen molar-refractivity contribution in [3.05, 3.63) is 12.0 Å². The van der Waals surface area contributed by atoms with Crippen LogP contribution in [0.5, 0.6) is 0 Å². The van der Waals surface area contributed by atoms with E-state index in [0.29, 0.717) is 13.0 Å². The summed E-state index contributed by atoms with van der Waals surface area (Å²) in [5.41, 5.74) is 2.22. The Balaban J connectivity index is 2.45. The predicted octanol–water partition coefficient (Wildman–Crippen LogP) is -0.289. The molecule has 0 saturated heterocycles. The average Bonchev–Trinajstić information content (AvgIpc) is 2.32. The summed E-state index contributed by atoms with van der Waals surface area (Å²) >= 11 is 0. The van der Waals surface area contributed by atoms with E-state index in [2.05, 4.69) is 20.7 Å². The molecule has 17 heavy (non-hydrogen) atoms. The number of nitrogens with zero attached hydrogens (tertiary/aromatic N) is 2. The zero-order valence-electron chi connectivity index (χ0n) is 9.48. The second kappa shape index (κ2) is 6.94. The molecule has 0 aromatic carbocycles. The monoisotopic (exact) mass is 245 g/mol. The summed E-state index contributed by atoms with van der Waals surface area (Å²) in [5, 5.41) is 12.1. The van der Waals surface area contributed by atoms with Crippen molar-refractivity contribution in [3.63, 3.8) is 0 Å². The number of anilines is 2. The third kappa shape index (κ3) is 4.47. The number of nitrogens with one attached hydrogen (secondary N) is 2. The van der Waals surface area contributed by atoms with Crippen molar-refractivity contribution in [2.24, 2.45) is 5.84 Å². The molecule has 0 bridgehead atoms. The van der Waals surface area contributed by atoms with Gasteiger partial charge in [-0.2, -0.15) is 4.98 Å². The second-order valence-corrected chi connectivity index (χ2v) is 3.36. The van der Waals surface area contributed by atoms with Gasteiger partial charge in [0.05, 0.1) is 18.9 Å². The van der Waals surface area contributed by atoms with Crippen LogP contribution in [-0.4, -0.2) is 41.4 Å². The van der Waals surface area contributed by atoms with Gasteiger partial charge in [0.15, 0.2) is 11.6 Å². The number of nitrogen functional groups attached to an aromatic ring is 1. The van der Waals surface area contributed by atoms with Crippen LogP contribution in [0.25, 0.3) is 0 Å². The van der Waals surface area contributed by atoms with Gasteiger partial charge in [0.2, 0.25) is 5.95 Å². The molecule has 1 aromatic rings. The smallest absolute Gasteiger partial charge is 0.239 e. The van der Waals surface area contributed by atoms with Crippen molar-refractivity contribution in [1.82, 2.24) is 9.97 Å². The van der Waals surface area contributed by atoms with Gasteiger partial charge in [0.1, 0.15) is 0 Å². The summed E-state index contributed by atoms with van der Waals surface area (Å²) < 4.78 is 18.0. The molecule has 96 valence electrons. The van der Waals surface area contributed by atoms with Crippen molar-refractivity contribution in [1.29, 1.82) is 0 Å². The molecule has 1 heterocycles. The van der Waals surface area contributed by atoms with Crippen LogP contribution in [0.1, 0.15) is 6.42 Å². The van der Waals surface area contributed by atoms with E-state index in [1.807, 2.05) is 0 Å². The Kier molecular flexibility index (Phi) is 5.53. The van der Waals surface area contributed by atoms with Crippen molar-refractivity contribution in [3.8, 4) is 0 Å². The summed E-state index contributed by atoms with van der Waals surface area (Å²) in [7, 11) is 1.50. The minimum atomic E-state index is -0.593. The minimum Gasteiger partial charge on any atom is -0.391 e. The first-order valence-electron chi connectivity index (χ1n) is 5.07.